The Labute approximate surface area is 104 Å². The number of aromatic nitrogens is 1. The first-order chi connectivity index (χ1) is 8.76. The lowest BCUT2D eigenvalue weighted by Crippen LogP contribution is -1.96. The van der Waals surface area contributed by atoms with E-state index in [0.29, 0.717) is 17.9 Å². The molecule has 0 amide bonds. The standard InChI is InChI=1S/C14H12N2O2/c15-8-9-3-4-16-12(5-9)14-6-10-1-2-11(17)7-13(10)18-14/h1-7,17H,8,15H2. The van der Waals surface area contributed by atoms with Crippen LogP contribution in [0.1, 0.15) is 5.56 Å². The van der Waals surface area contributed by atoms with E-state index in [1.807, 2.05) is 24.3 Å². The maximum absolute atomic E-state index is 9.40. The molecule has 3 rings (SSSR count). The summed E-state index contributed by atoms with van der Waals surface area (Å²) in [6.45, 7) is 0.469. The van der Waals surface area contributed by atoms with Crippen LogP contribution in [0.2, 0.25) is 0 Å². The van der Waals surface area contributed by atoms with Crippen molar-refractivity contribution in [2.45, 2.75) is 6.54 Å². The first-order valence-electron chi connectivity index (χ1n) is 5.64. The van der Waals surface area contributed by atoms with Gasteiger partial charge in [0.15, 0.2) is 5.76 Å². The zero-order chi connectivity index (χ0) is 12.5. The molecule has 0 aliphatic rings. The minimum absolute atomic E-state index is 0.187. The molecule has 0 bridgehead atoms. The van der Waals surface area contributed by atoms with Crippen LogP contribution in [0.4, 0.5) is 0 Å². The van der Waals surface area contributed by atoms with Crippen molar-refractivity contribution in [2.75, 3.05) is 0 Å². The normalized spacial score (nSPS) is 10.9. The van der Waals surface area contributed by atoms with Gasteiger partial charge in [-0.2, -0.15) is 0 Å². The fourth-order valence-corrected chi connectivity index (χ4v) is 1.88. The Bertz CT molecular complexity index is 704. The molecule has 3 N–H and O–H groups in total. The van der Waals surface area contributed by atoms with Crippen molar-refractivity contribution in [3.8, 4) is 17.2 Å². The van der Waals surface area contributed by atoms with Crippen molar-refractivity contribution >= 4 is 11.0 Å². The zero-order valence-corrected chi connectivity index (χ0v) is 9.63. The number of nitrogens with zero attached hydrogens (tertiary/aromatic N) is 1. The monoisotopic (exact) mass is 240 g/mol. The SMILES string of the molecule is NCc1ccnc(-c2cc3ccc(O)cc3o2)c1. The number of pyridine rings is 1. The molecule has 90 valence electrons. The number of fused-ring (bicyclic) bond motifs is 1. The molecule has 4 heteroatoms. The second kappa shape index (κ2) is 4.16. The maximum atomic E-state index is 9.40. The van der Waals surface area contributed by atoms with E-state index < -0.39 is 0 Å². The van der Waals surface area contributed by atoms with Gasteiger partial charge >= 0.3 is 0 Å². The van der Waals surface area contributed by atoms with Gasteiger partial charge in [-0.05, 0) is 35.9 Å². The Morgan fingerprint density at radius 3 is 2.89 bits per heavy atom. The van der Waals surface area contributed by atoms with E-state index in [-0.39, 0.29) is 5.75 Å². The van der Waals surface area contributed by atoms with E-state index in [0.717, 1.165) is 16.6 Å². The summed E-state index contributed by atoms with van der Waals surface area (Å²) in [5, 5.41) is 10.3. The van der Waals surface area contributed by atoms with E-state index in [4.69, 9.17) is 10.2 Å². The van der Waals surface area contributed by atoms with Crippen LogP contribution in [0.5, 0.6) is 5.75 Å². The van der Waals surface area contributed by atoms with E-state index >= 15 is 0 Å². The van der Waals surface area contributed by atoms with Gasteiger partial charge in [0.2, 0.25) is 0 Å². The fourth-order valence-electron chi connectivity index (χ4n) is 1.88. The first kappa shape index (κ1) is 10.8. The van der Waals surface area contributed by atoms with Crippen molar-refractivity contribution in [1.82, 2.24) is 4.98 Å². The van der Waals surface area contributed by atoms with Crippen LogP contribution in [0.3, 0.4) is 0 Å². The van der Waals surface area contributed by atoms with Gasteiger partial charge in [0, 0.05) is 24.2 Å². The van der Waals surface area contributed by atoms with Crippen molar-refractivity contribution in [1.29, 1.82) is 0 Å². The van der Waals surface area contributed by atoms with Crippen molar-refractivity contribution in [3.63, 3.8) is 0 Å². The van der Waals surface area contributed by atoms with E-state index in [9.17, 15) is 5.11 Å². The zero-order valence-electron chi connectivity index (χ0n) is 9.63. The van der Waals surface area contributed by atoms with Crippen LogP contribution < -0.4 is 5.73 Å². The lowest BCUT2D eigenvalue weighted by molar-refractivity contribution is 0.474. The van der Waals surface area contributed by atoms with Crippen molar-refractivity contribution < 1.29 is 9.52 Å². The second-order valence-electron chi connectivity index (χ2n) is 4.09. The highest BCUT2D eigenvalue weighted by atomic mass is 16.3. The molecule has 0 aliphatic heterocycles. The number of nitrogens with two attached hydrogens (primary N) is 1. The predicted octanol–water partition coefficient (Wildman–Crippen LogP) is 2.66. The minimum Gasteiger partial charge on any atom is -0.508 e. The molecule has 0 saturated carbocycles. The van der Waals surface area contributed by atoms with Gasteiger partial charge in [0.25, 0.3) is 0 Å². The Morgan fingerprint density at radius 2 is 2.06 bits per heavy atom. The molecule has 1 aromatic carbocycles. The molecule has 2 heterocycles. The van der Waals surface area contributed by atoms with E-state index in [2.05, 4.69) is 4.98 Å². The summed E-state index contributed by atoms with van der Waals surface area (Å²) in [6, 6.07) is 10.7. The molecule has 0 fully saturated rings. The van der Waals surface area contributed by atoms with Gasteiger partial charge in [-0.3, -0.25) is 4.98 Å². The fraction of sp³-hybridized carbons (Fsp3) is 0.0714. The lowest BCUT2D eigenvalue weighted by atomic mass is 10.2. The number of phenols is 1. The Hall–Kier alpha value is -2.33. The molecule has 0 spiro atoms. The summed E-state index contributed by atoms with van der Waals surface area (Å²) in [4.78, 5) is 4.26. The summed E-state index contributed by atoms with van der Waals surface area (Å²) >= 11 is 0. The topological polar surface area (TPSA) is 72.3 Å². The molecule has 2 aromatic heterocycles. The first-order valence-corrected chi connectivity index (χ1v) is 5.64. The van der Waals surface area contributed by atoms with Crippen LogP contribution in [0.25, 0.3) is 22.4 Å². The van der Waals surface area contributed by atoms with Crippen LogP contribution in [0.15, 0.2) is 47.0 Å². The van der Waals surface area contributed by atoms with Gasteiger partial charge in [-0.1, -0.05) is 0 Å². The van der Waals surface area contributed by atoms with Gasteiger partial charge in [0.05, 0.1) is 0 Å². The summed E-state index contributed by atoms with van der Waals surface area (Å²) in [5.74, 6) is 0.859. The molecule has 0 unspecified atom stereocenters. The second-order valence-corrected chi connectivity index (χ2v) is 4.09. The maximum Gasteiger partial charge on any atom is 0.153 e. The molecule has 18 heavy (non-hydrogen) atoms. The quantitative estimate of drug-likeness (QED) is 0.722. The number of furan rings is 1. The predicted molar refractivity (Wildman–Crippen MR) is 69.0 cm³/mol. The molecule has 4 nitrogen and oxygen atoms in total. The van der Waals surface area contributed by atoms with E-state index in [1.165, 1.54) is 0 Å². The van der Waals surface area contributed by atoms with Crippen molar-refractivity contribution in [2.24, 2.45) is 5.73 Å². The van der Waals surface area contributed by atoms with Gasteiger partial charge in [0.1, 0.15) is 17.0 Å². The number of benzene rings is 1. The molecule has 3 aromatic rings. The third-order valence-electron chi connectivity index (χ3n) is 2.82. The number of phenolic OH excluding ortho intramolecular Hbond substituents is 1. The number of hydrogen-bond donors (Lipinski definition) is 2. The summed E-state index contributed by atoms with van der Waals surface area (Å²) in [6.07, 6.45) is 1.71. The van der Waals surface area contributed by atoms with Crippen LogP contribution in [-0.4, -0.2) is 10.1 Å². The Balaban J connectivity index is 2.13. The molecular weight excluding hydrogens is 228 g/mol. The summed E-state index contributed by atoms with van der Waals surface area (Å²) < 4.78 is 5.67. The van der Waals surface area contributed by atoms with Crippen LogP contribution in [0, 0.1) is 0 Å². The molecule has 0 saturated heterocycles. The lowest BCUT2D eigenvalue weighted by Gasteiger charge is -1.98. The number of hydrogen-bond acceptors (Lipinski definition) is 4. The largest absolute Gasteiger partial charge is 0.508 e. The molecule has 0 aliphatic carbocycles. The molecular formula is C14H12N2O2. The van der Waals surface area contributed by atoms with Gasteiger partial charge in [-0.15, -0.1) is 0 Å². The highest BCUT2D eigenvalue weighted by molar-refractivity contribution is 5.83. The van der Waals surface area contributed by atoms with Crippen LogP contribution in [-0.2, 0) is 6.54 Å². The van der Waals surface area contributed by atoms with Gasteiger partial charge < -0.3 is 15.3 Å². The van der Waals surface area contributed by atoms with Crippen LogP contribution >= 0.6 is 0 Å². The van der Waals surface area contributed by atoms with E-state index in [1.54, 1.807) is 18.3 Å². The number of aromatic hydroxyl groups is 1. The minimum atomic E-state index is 0.187. The van der Waals surface area contributed by atoms with Crippen molar-refractivity contribution in [3.05, 3.63) is 48.2 Å². The summed E-state index contributed by atoms with van der Waals surface area (Å²) in [5.41, 5.74) is 7.99. The Kier molecular flexibility index (Phi) is 2.50. The highest BCUT2D eigenvalue weighted by Gasteiger charge is 2.08. The summed E-state index contributed by atoms with van der Waals surface area (Å²) in [7, 11) is 0. The third kappa shape index (κ3) is 1.83. The average molecular weight is 240 g/mol. The molecule has 0 atom stereocenters. The molecule has 0 radical (unpaired) electrons. The average Bonchev–Trinajstić information content (AvgIpc) is 2.81. The van der Waals surface area contributed by atoms with Gasteiger partial charge in [-0.25, -0.2) is 0 Å². The number of rotatable bonds is 2. The smallest absolute Gasteiger partial charge is 0.153 e. The third-order valence-corrected chi connectivity index (χ3v) is 2.82. The highest BCUT2D eigenvalue weighted by Crippen LogP contribution is 2.29. The Morgan fingerprint density at radius 1 is 1.17 bits per heavy atom.